The summed E-state index contributed by atoms with van der Waals surface area (Å²) >= 11 is 0. The van der Waals surface area contributed by atoms with Crippen LogP contribution in [0.2, 0.25) is 0 Å². The fraction of sp³-hybridized carbons (Fsp3) is 0.538. The largest absolute Gasteiger partial charge is 0.490 e. The summed E-state index contributed by atoms with van der Waals surface area (Å²) < 4.78 is 4.98. The lowest BCUT2D eigenvalue weighted by Gasteiger charge is -2.28. The monoisotopic (exact) mass is 268 g/mol. The fourth-order valence-corrected chi connectivity index (χ4v) is 1.42. The van der Waals surface area contributed by atoms with E-state index in [1.807, 2.05) is 13.8 Å². The number of nitrogens with one attached hydrogen (secondary N) is 1. The quantitative estimate of drug-likeness (QED) is 0.611. The lowest BCUT2D eigenvalue weighted by molar-refractivity contribution is -0.385. The third-order valence-corrected chi connectivity index (χ3v) is 3.27. The van der Waals surface area contributed by atoms with Crippen LogP contribution >= 0.6 is 0 Å². The number of anilines is 1. The lowest BCUT2D eigenvalue weighted by atomic mass is 9.92. The molecule has 0 spiro atoms. The molecule has 0 saturated heterocycles. The minimum Gasteiger partial charge on any atom is -0.490 e. The van der Waals surface area contributed by atoms with Crippen molar-refractivity contribution < 1.29 is 14.8 Å². The predicted octanol–water partition coefficient (Wildman–Crippen LogP) is 2.42. The maximum Gasteiger partial charge on any atom is 0.311 e. The molecule has 0 aliphatic carbocycles. The summed E-state index contributed by atoms with van der Waals surface area (Å²) in [6.45, 7) is 5.95. The molecule has 0 radical (unpaired) electrons. The van der Waals surface area contributed by atoms with Gasteiger partial charge in [0.05, 0.1) is 17.6 Å². The molecule has 1 aromatic carbocycles. The number of nitro benzene ring substituents is 1. The molecule has 1 atom stereocenters. The maximum atomic E-state index is 10.8. The summed E-state index contributed by atoms with van der Waals surface area (Å²) in [5.41, 5.74) is -0.262. The Hall–Kier alpha value is -1.82. The van der Waals surface area contributed by atoms with E-state index in [-0.39, 0.29) is 17.4 Å². The molecule has 1 rings (SSSR count). The molecular formula is C13H20N2O4. The Kier molecular flexibility index (Phi) is 4.72. The standard InChI is InChI=1S/C13H20N2O4/c1-9(2)13(3,16)8-14-10-5-6-11(15(17)18)12(7-10)19-4/h5-7,9,14,16H,8H2,1-4H3. The third kappa shape index (κ3) is 3.82. The van der Waals surface area contributed by atoms with Gasteiger partial charge in [0.2, 0.25) is 0 Å². The smallest absolute Gasteiger partial charge is 0.311 e. The molecule has 0 bridgehead atoms. The minimum atomic E-state index is -0.852. The maximum absolute atomic E-state index is 10.8. The number of aliphatic hydroxyl groups is 1. The van der Waals surface area contributed by atoms with Crippen LogP contribution in [0.1, 0.15) is 20.8 Å². The molecule has 6 heteroatoms. The molecule has 2 N–H and O–H groups in total. The Bertz CT molecular complexity index is 458. The van der Waals surface area contributed by atoms with Gasteiger partial charge >= 0.3 is 5.69 Å². The molecule has 0 aliphatic rings. The van der Waals surface area contributed by atoms with Crippen molar-refractivity contribution in [3.8, 4) is 5.75 Å². The highest BCUT2D eigenvalue weighted by Crippen LogP contribution is 2.30. The zero-order valence-electron chi connectivity index (χ0n) is 11.6. The minimum absolute atomic E-state index is 0.0799. The van der Waals surface area contributed by atoms with Crippen molar-refractivity contribution in [2.24, 2.45) is 5.92 Å². The number of hydrogen-bond acceptors (Lipinski definition) is 5. The third-order valence-electron chi connectivity index (χ3n) is 3.27. The van der Waals surface area contributed by atoms with E-state index in [0.29, 0.717) is 12.2 Å². The first-order chi connectivity index (χ1) is 8.77. The van der Waals surface area contributed by atoms with Gasteiger partial charge in [0.25, 0.3) is 0 Å². The first kappa shape index (κ1) is 15.2. The average molecular weight is 268 g/mol. The first-order valence-electron chi connectivity index (χ1n) is 6.06. The Morgan fingerprint density at radius 3 is 2.63 bits per heavy atom. The molecule has 0 amide bonds. The summed E-state index contributed by atoms with van der Waals surface area (Å²) in [5, 5.41) is 23.9. The van der Waals surface area contributed by atoms with Crippen molar-refractivity contribution in [3.63, 3.8) is 0 Å². The van der Waals surface area contributed by atoms with Crippen LogP contribution in [-0.2, 0) is 0 Å². The number of benzene rings is 1. The normalized spacial score (nSPS) is 14.0. The van der Waals surface area contributed by atoms with Crippen molar-refractivity contribution in [2.75, 3.05) is 19.0 Å². The molecule has 0 saturated carbocycles. The van der Waals surface area contributed by atoms with Gasteiger partial charge in [0.1, 0.15) is 0 Å². The summed E-state index contributed by atoms with van der Waals surface area (Å²) in [6, 6.07) is 4.52. The molecule has 19 heavy (non-hydrogen) atoms. The highest BCUT2D eigenvalue weighted by atomic mass is 16.6. The Balaban J connectivity index is 2.84. The summed E-state index contributed by atoms with van der Waals surface area (Å²) in [6.07, 6.45) is 0. The van der Waals surface area contributed by atoms with Crippen LogP contribution in [0.5, 0.6) is 5.75 Å². The molecule has 0 aromatic heterocycles. The molecule has 0 aliphatic heterocycles. The van der Waals surface area contributed by atoms with Crippen LogP contribution in [0.25, 0.3) is 0 Å². The van der Waals surface area contributed by atoms with Gasteiger partial charge < -0.3 is 15.2 Å². The molecule has 106 valence electrons. The second-order valence-electron chi connectivity index (χ2n) is 5.01. The van der Waals surface area contributed by atoms with Gasteiger partial charge in [0, 0.05) is 24.4 Å². The fourth-order valence-electron chi connectivity index (χ4n) is 1.42. The Morgan fingerprint density at radius 1 is 1.53 bits per heavy atom. The summed E-state index contributed by atoms with van der Waals surface area (Å²) in [7, 11) is 1.39. The second kappa shape index (κ2) is 5.88. The number of rotatable bonds is 6. The lowest BCUT2D eigenvalue weighted by Crippen LogP contribution is -2.38. The highest BCUT2D eigenvalue weighted by Gasteiger charge is 2.24. The van der Waals surface area contributed by atoms with Gasteiger partial charge in [-0.15, -0.1) is 0 Å². The molecule has 0 fully saturated rings. The van der Waals surface area contributed by atoms with Crippen molar-refractivity contribution in [3.05, 3.63) is 28.3 Å². The number of nitro groups is 1. The highest BCUT2D eigenvalue weighted by molar-refractivity contribution is 5.58. The summed E-state index contributed by atoms with van der Waals surface area (Å²) in [5.74, 6) is 0.291. The van der Waals surface area contributed by atoms with Gasteiger partial charge in [0.15, 0.2) is 5.75 Å². The van der Waals surface area contributed by atoms with Crippen LogP contribution in [0.4, 0.5) is 11.4 Å². The number of nitrogens with zero attached hydrogens (tertiary/aromatic N) is 1. The zero-order valence-corrected chi connectivity index (χ0v) is 11.6. The van der Waals surface area contributed by atoms with Crippen LogP contribution in [0.3, 0.4) is 0 Å². The van der Waals surface area contributed by atoms with Gasteiger partial charge in [-0.2, -0.15) is 0 Å². The van der Waals surface area contributed by atoms with Crippen molar-refractivity contribution in [1.82, 2.24) is 0 Å². The topological polar surface area (TPSA) is 84.6 Å². The van der Waals surface area contributed by atoms with E-state index in [4.69, 9.17) is 4.74 Å². The van der Waals surface area contributed by atoms with E-state index in [0.717, 1.165) is 0 Å². The van der Waals surface area contributed by atoms with E-state index in [1.54, 1.807) is 19.1 Å². The zero-order chi connectivity index (χ0) is 14.6. The Morgan fingerprint density at radius 2 is 2.16 bits per heavy atom. The van der Waals surface area contributed by atoms with Gasteiger partial charge in [-0.05, 0) is 18.9 Å². The first-order valence-corrected chi connectivity index (χ1v) is 6.06. The molecule has 6 nitrogen and oxygen atoms in total. The average Bonchev–Trinajstić information content (AvgIpc) is 2.35. The van der Waals surface area contributed by atoms with Gasteiger partial charge in [-0.25, -0.2) is 0 Å². The van der Waals surface area contributed by atoms with Gasteiger partial charge in [-0.1, -0.05) is 13.8 Å². The van der Waals surface area contributed by atoms with Crippen molar-refractivity contribution in [1.29, 1.82) is 0 Å². The summed E-state index contributed by atoms with van der Waals surface area (Å²) in [4.78, 5) is 10.3. The van der Waals surface area contributed by atoms with Crippen LogP contribution in [0, 0.1) is 16.0 Å². The van der Waals surface area contributed by atoms with Crippen molar-refractivity contribution >= 4 is 11.4 Å². The van der Waals surface area contributed by atoms with Crippen molar-refractivity contribution in [2.45, 2.75) is 26.4 Å². The Labute approximate surface area is 112 Å². The molecule has 0 heterocycles. The second-order valence-corrected chi connectivity index (χ2v) is 5.01. The molecular weight excluding hydrogens is 248 g/mol. The van der Waals surface area contributed by atoms with E-state index >= 15 is 0 Å². The number of ether oxygens (including phenoxy) is 1. The van der Waals surface area contributed by atoms with Crippen LogP contribution < -0.4 is 10.1 Å². The van der Waals surface area contributed by atoms with E-state index < -0.39 is 10.5 Å². The number of methoxy groups -OCH3 is 1. The number of hydrogen-bond donors (Lipinski definition) is 2. The van der Waals surface area contributed by atoms with Crippen LogP contribution in [-0.4, -0.2) is 29.3 Å². The van der Waals surface area contributed by atoms with E-state index in [2.05, 4.69) is 5.32 Å². The van der Waals surface area contributed by atoms with E-state index in [9.17, 15) is 15.2 Å². The van der Waals surface area contributed by atoms with Gasteiger partial charge in [-0.3, -0.25) is 10.1 Å². The predicted molar refractivity (Wildman–Crippen MR) is 73.6 cm³/mol. The molecule has 1 unspecified atom stereocenters. The van der Waals surface area contributed by atoms with E-state index in [1.165, 1.54) is 13.2 Å². The molecule has 1 aromatic rings. The van der Waals surface area contributed by atoms with Crippen LogP contribution in [0.15, 0.2) is 18.2 Å². The SMILES string of the molecule is COc1cc(NCC(C)(O)C(C)C)ccc1[N+](=O)[O-].